The molecule has 4 atom stereocenters. The summed E-state index contributed by atoms with van der Waals surface area (Å²) in [6, 6.07) is 5.10. The maximum Gasteiger partial charge on any atom is 0.241 e. The first-order chi connectivity index (χ1) is 10.5. The Bertz CT molecular complexity index is 731. The third-order valence-electron chi connectivity index (χ3n) is 4.82. The molecule has 3 aliphatic rings. The summed E-state index contributed by atoms with van der Waals surface area (Å²) in [6.45, 7) is 1.54. The molecule has 3 heterocycles. The van der Waals surface area contributed by atoms with E-state index in [4.69, 9.17) is 16.3 Å². The molecule has 114 valence electrons. The number of ether oxygens (including phenoxy) is 1. The van der Waals surface area contributed by atoms with E-state index in [-0.39, 0.29) is 18.4 Å². The van der Waals surface area contributed by atoms with Crippen LogP contribution in [-0.2, 0) is 14.3 Å². The van der Waals surface area contributed by atoms with Crippen molar-refractivity contribution in [1.29, 1.82) is 0 Å². The summed E-state index contributed by atoms with van der Waals surface area (Å²) in [5.74, 6) is -1.86. The van der Waals surface area contributed by atoms with Crippen molar-refractivity contribution < 1.29 is 19.4 Å². The van der Waals surface area contributed by atoms with Crippen LogP contribution in [0.2, 0.25) is 5.02 Å². The highest BCUT2D eigenvalue weighted by atomic mass is 35.5. The summed E-state index contributed by atoms with van der Waals surface area (Å²) in [4.78, 5) is 26.7. The SMILES string of the molecule is Cc1ccc(N2C(=O)[C@H]3[C@H]4C=C[C@@](CO)(O4)[C@H]3C2=O)cc1Cl. The summed E-state index contributed by atoms with van der Waals surface area (Å²) in [5.41, 5.74) is 0.278. The number of rotatable bonds is 2. The number of aryl methyl sites for hydroxylation is 1. The predicted octanol–water partition coefficient (Wildman–Crippen LogP) is 1.45. The molecule has 1 aromatic rings. The van der Waals surface area contributed by atoms with Crippen LogP contribution in [0.15, 0.2) is 30.4 Å². The van der Waals surface area contributed by atoms with Gasteiger partial charge in [0.15, 0.2) is 0 Å². The minimum Gasteiger partial charge on any atom is -0.393 e. The van der Waals surface area contributed by atoms with E-state index >= 15 is 0 Å². The lowest BCUT2D eigenvalue weighted by atomic mass is 9.77. The van der Waals surface area contributed by atoms with Crippen LogP contribution in [0.25, 0.3) is 0 Å². The number of benzene rings is 1. The first-order valence-corrected chi connectivity index (χ1v) is 7.48. The Morgan fingerprint density at radius 2 is 2.14 bits per heavy atom. The average Bonchev–Trinajstić information content (AvgIpc) is 3.14. The van der Waals surface area contributed by atoms with E-state index in [0.29, 0.717) is 10.7 Å². The van der Waals surface area contributed by atoms with E-state index in [1.807, 2.05) is 6.92 Å². The average molecular weight is 320 g/mol. The quantitative estimate of drug-likeness (QED) is 0.662. The lowest BCUT2D eigenvalue weighted by Crippen LogP contribution is -2.43. The lowest BCUT2D eigenvalue weighted by Gasteiger charge is -2.26. The fourth-order valence-corrected chi connectivity index (χ4v) is 3.83. The van der Waals surface area contributed by atoms with E-state index in [1.165, 1.54) is 4.90 Å². The van der Waals surface area contributed by atoms with Gasteiger partial charge in [0.05, 0.1) is 30.2 Å². The zero-order valence-electron chi connectivity index (χ0n) is 11.8. The molecule has 2 saturated heterocycles. The lowest BCUT2D eigenvalue weighted by molar-refractivity contribution is -0.128. The summed E-state index contributed by atoms with van der Waals surface area (Å²) < 4.78 is 5.69. The van der Waals surface area contributed by atoms with Crippen molar-refractivity contribution in [1.82, 2.24) is 0 Å². The molecule has 3 aliphatic heterocycles. The van der Waals surface area contributed by atoms with Gasteiger partial charge in [0.25, 0.3) is 0 Å². The number of nitrogens with zero attached hydrogens (tertiary/aromatic N) is 1. The Labute approximate surface area is 132 Å². The van der Waals surface area contributed by atoms with Crippen molar-refractivity contribution in [3.63, 3.8) is 0 Å². The molecule has 0 radical (unpaired) electrons. The van der Waals surface area contributed by atoms with Gasteiger partial charge in [0, 0.05) is 5.02 Å². The largest absolute Gasteiger partial charge is 0.393 e. The van der Waals surface area contributed by atoms with Gasteiger partial charge in [-0.1, -0.05) is 29.8 Å². The van der Waals surface area contributed by atoms with Gasteiger partial charge in [-0.25, -0.2) is 4.90 Å². The fraction of sp³-hybridized carbons (Fsp3) is 0.375. The van der Waals surface area contributed by atoms with Crippen LogP contribution < -0.4 is 4.90 Å². The van der Waals surface area contributed by atoms with Gasteiger partial charge in [-0.2, -0.15) is 0 Å². The second kappa shape index (κ2) is 4.41. The molecule has 0 unspecified atom stereocenters. The molecule has 1 aromatic carbocycles. The van der Waals surface area contributed by atoms with Crippen LogP contribution >= 0.6 is 11.6 Å². The van der Waals surface area contributed by atoms with E-state index in [1.54, 1.807) is 30.4 Å². The number of carbonyl (C=O) groups excluding carboxylic acids is 2. The third kappa shape index (κ3) is 1.56. The zero-order chi connectivity index (χ0) is 15.6. The van der Waals surface area contributed by atoms with Gasteiger partial charge >= 0.3 is 0 Å². The molecule has 0 spiro atoms. The van der Waals surface area contributed by atoms with Crippen molar-refractivity contribution in [3.8, 4) is 0 Å². The zero-order valence-corrected chi connectivity index (χ0v) is 12.6. The second-order valence-corrected chi connectivity index (χ2v) is 6.41. The van der Waals surface area contributed by atoms with Gasteiger partial charge in [-0.05, 0) is 24.6 Å². The van der Waals surface area contributed by atoms with Gasteiger partial charge < -0.3 is 9.84 Å². The van der Waals surface area contributed by atoms with Gasteiger partial charge in [0.2, 0.25) is 11.8 Å². The van der Waals surface area contributed by atoms with Gasteiger partial charge in [-0.15, -0.1) is 0 Å². The van der Waals surface area contributed by atoms with Gasteiger partial charge in [-0.3, -0.25) is 9.59 Å². The van der Waals surface area contributed by atoms with Crippen molar-refractivity contribution in [2.45, 2.75) is 18.6 Å². The monoisotopic (exact) mass is 319 g/mol. The van der Waals surface area contributed by atoms with Crippen molar-refractivity contribution in [2.75, 3.05) is 11.5 Å². The number of hydrogen-bond donors (Lipinski definition) is 1. The number of fused-ring (bicyclic) bond motifs is 5. The van der Waals surface area contributed by atoms with Crippen LogP contribution in [0.1, 0.15) is 5.56 Å². The van der Waals surface area contributed by atoms with Crippen LogP contribution in [0, 0.1) is 18.8 Å². The topological polar surface area (TPSA) is 66.8 Å². The van der Waals surface area contributed by atoms with E-state index in [0.717, 1.165) is 5.56 Å². The molecule has 0 saturated carbocycles. The van der Waals surface area contributed by atoms with Crippen molar-refractivity contribution in [2.24, 2.45) is 11.8 Å². The summed E-state index contributed by atoms with van der Waals surface area (Å²) in [5, 5.41) is 10.2. The van der Waals surface area contributed by atoms with Gasteiger partial charge in [0.1, 0.15) is 5.60 Å². The minimum absolute atomic E-state index is 0.292. The molecule has 0 aliphatic carbocycles. The smallest absolute Gasteiger partial charge is 0.241 e. The van der Waals surface area contributed by atoms with Crippen molar-refractivity contribution in [3.05, 3.63) is 40.9 Å². The normalized spacial score (nSPS) is 35.6. The minimum atomic E-state index is -1.06. The maximum absolute atomic E-state index is 12.8. The molecule has 2 bridgehead atoms. The van der Waals surface area contributed by atoms with Crippen LogP contribution in [0.5, 0.6) is 0 Å². The summed E-state index contributed by atoms with van der Waals surface area (Å²) in [7, 11) is 0. The van der Waals surface area contributed by atoms with E-state index in [9.17, 15) is 14.7 Å². The Balaban J connectivity index is 1.77. The third-order valence-corrected chi connectivity index (χ3v) is 5.22. The molecule has 22 heavy (non-hydrogen) atoms. The molecule has 1 N–H and O–H groups in total. The molecule has 5 nitrogen and oxygen atoms in total. The summed E-state index contributed by atoms with van der Waals surface area (Å²) >= 11 is 6.11. The number of aliphatic hydroxyl groups excluding tert-OH is 1. The van der Waals surface area contributed by atoms with Crippen LogP contribution in [0.4, 0.5) is 5.69 Å². The second-order valence-electron chi connectivity index (χ2n) is 6.00. The highest BCUT2D eigenvalue weighted by molar-refractivity contribution is 6.32. The predicted molar refractivity (Wildman–Crippen MR) is 79.5 cm³/mol. The molecule has 4 rings (SSSR count). The van der Waals surface area contributed by atoms with Crippen LogP contribution in [-0.4, -0.2) is 35.2 Å². The molecule has 2 fully saturated rings. The Kier molecular flexibility index (Phi) is 2.79. The fourth-order valence-electron chi connectivity index (χ4n) is 3.66. The highest BCUT2D eigenvalue weighted by Crippen LogP contribution is 2.52. The Morgan fingerprint density at radius 3 is 2.82 bits per heavy atom. The van der Waals surface area contributed by atoms with Crippen molar-refractivity contribution >= 4 is 29.1 Å². The molecule has 0 aromatic heterocycles. The number of amides is 2. The number of anilines is 1. The van der Waals surface area contributed by atoms with E-state index < -0.39 is 23.5 Å². The number of carbonyl (C=O) groups is 2. The number of imide groups is 1. The molecule has 6 heteroatoms. The Hall–Kier alpha value is -1.69. The number of halogens is 1. The summed E-state index contributed by atoms with van der Waals surface area (Å²) in [6.07, 6.45) is 3.02. The van der Waals surface area contributed by atoms with E-state index in [2.05, 4.69) is 0 Å². The number of aliphatic hydroxyl groups is 1. The van der Waals surface area contributed by atoms with Crippen LogP contribution in [0.3, 0.4) is 0 Å². The molecule has 2 amide bonds. The maximum atomic E-state index is 12.8. The Morgan fingerprint density at radius 1 is 1.36 bits per heavy atom. The molecular weight excluding hydrogens is 306 g/mol. The molecular formula is C16H14ClNO4. The standard InChI is InChI=1S/C16H14ClNO4/c1-8-2-3-9(6-10(8)17)18-14(20)12-11-4-5-16(7-19,22-11)13(12)15(18)21/h2-6,11-13,19H,7H2,1H3/t11-,12+,13-,16+/m1/s1. The first-order valence-electron chi connectivity index (χ1n) is 7.10. The number of hydrogen-bond acceptors (Lipinski definition) is 4. The first kappa shape index (κ1) is 13.9. The highest BCUT2D eigenvalue weighted by Gasteiger charge is 2.67.